The molecule has 2 aromatic rings. The molecule has 0 saturated heterocycles. The third kappa shape index (κ3) is 3.73. The lowest BCUT2D eigenvalue weighted by Crippen LogP contribution is -2.26. The van der Waals surface area contributed by atoms with Crippen LogP contribution in [0.3, 0.4) is 0 Å². The van der Waals surface area contributed by atoms with Crippen LogP contribution in [0.4, 0.5) is 5.00 Å². The lowest BCUT2D eigenvalue weighted by Gasteiger charge is -2.22. The molecule has 0 radical (unpaired) electrons. The van der Waals surface area contributed by atoms with E-state index in [4.69, 9.17) is 9.47 Å². The maximum Gasteiger partial charge on any atom is 0.341 e. The summed E-state index contributed by atoms with van der Waals surface area (Å²) in [5.74, 6) is 0.0492. The predicted molar refractivity (Wildman–Crippen MR) is 101 cm³/mol. The van der Waals surface area contributed by atoms with Gasteiger partial charge in [0, 0.05) is 23.5 Å². The molecule has 1 aromatic heterocycles. The number of nitrogens with one attached hydrogen (secondary N) is 1. The number of carbonyl (C=O) groups excluding carboxylic acids is 2. The molecule has 0 aliphatic carbocycles. The number of hydrogen-bond acceptors (Lipinski definition) is 6. The number of hydrogen-bond donors (Lipinski definition) is 1. The number of thiophene rings is 1. The summed E-state index contributed by atoms with van der Waals surface area (Å²) in [6.45, 7) is 3.72. The minimum absolute atomic E-state index is 0.259. The number of amides is 1. The molecule has 1 N–H and O–H groups in total. The molecule has 1 amide bonds. The zero-order valence-corrected chi connectivity index (χ0v) is 15.9. The number of ether oxygens (including phenoxy) is 2. The Bertz CT molecular complexity index is 814. The fraction of sp³-hybridized carbons (Fsp3) is 0.368. The summed E-state index contributed by atoms with van der Waals surface area (Å²) in [5, 5.41) is 3.45. The SMILES string of the molecule is CCOC(=O)c1c(NC(=O)c2ccc(OC)cc2)sc2c1CCN(C)C2. The molecular formula is C19H22N2O4S. The van der Waals surface area contributed by atoms with E-state index in [1.54, 1.807) is 38.3 Å². The van der Waals surface area contributed by atoms with Crippen LogP contribution in [0.1, 0.15) is 38.1 Å². The zero-order valence-electron chi connectivity index (χ0n) is 15.1. The van der Waals surface area contributed by atoms with Crippen molar-refractivity contribution in [1.82, 2.24) is 4.90 Å². The maximum absolute atomic E-state index is 12.6. The van der Waals surface area contributed by atoms with Gasteiger partial charge in [-0.1, -0.05) is 0 Å². The molecule has 0 unspecified atom stereocenters. The second-order valence-corrected chi connectivity index (χ2v) is 7.20. The van der Waals surface area contributed by atoms with E-state index in [2.05, 4.69) is 10.2 Å². The highest BCUT2D eigenvalue weighted by molar-refractivity contribution is 7.17. The smallest absolute Gasteiger partial charge is 0.341 e. The fourth-order valence-corrected chi connectivity index (χ4v) is 4.27. The topological polar surface area (TPSA) is 67.9 Å². The monoisotopic (exact) mass is 374 g/mol. The molecule has 0 saturated carbocycles. The Hall–Kier alpha value is -2.38. The van der Waals surface area contributed by atoms with E-state index in [1.807, 2.05) is 7.05 Å². The molecule has 0 spiro atoms. The van der Waals surface area contributed by atoms with Crippen molar-refractivity contribution in [2.24, 2.45) is 0 Å². The van der Waals surface area contributed by atoms with Gasteiger partial charge in [-0.05, 0) is 50.2 Å². The number of benzene rings is 1. The average molecular weight is 374 g/mol. The van der Waals surface area contributed by atoms with Gasteiger partial charge in [-0.2, -0.15) is 0 Å². The lowest BCUT2D eigenvalue weighted by molar-refractivity contribution is 0.0526. The largest absolute Gasteiger partial charge is 0.497 e. The summed E-state index contributed by atoms with van der Waals surface area (Å²) < 4.78 is 10.3. The molecule has 3 rings (SSSR count). The number of methoxy groups -OCH3 is 1. The van der Waals surface area contributed by atoms with Crippen LogP contribution in [0.2, 0.25) is 0 Å². The number of esters is 1. The van der Waals surface area contributed by atoms with Gasteiger partial charge in [-0.3, -0.25) is 4.79 Å². The van der Waals surface area contributed by atoms with E-state index in [9.17, 15) is 9.59 Å². The first-order chi connectivity index (χ1) is 12.5. The molecular weight excluding hydrogens is 352 g/mol. The number of likely N-dealkylation sites (N-methyl/N-ethyl adjacent to an activating group) is 1. The molecule has 0 bridgehead atoms. The van der Waals surface area contributed by atoms with Gasteiger partial charge in [0.15, 0.2) is 0 Å². The quantitative estimate of drug-likeness (QED) is 0.814. The Morgan fingerprint density at radius 2 is 2.00 bits per heavy atom. The molecule has 1 aliphatic rings. The van der Waals surface area contributed by atoms with Gasteiger partial charge in [0.05, 0.1) is 19.3 Å². The lowest BCUT2D eigenvalue weighted by atomic mass is 10.0. The predicted octanol–water partition coefficient (Wildman–Crippen LogP) is 3.17. The van der Waals surface area contributed by atoms with Crippen LogP contribution in [0, 0.1) is 0 Å². The van der Waals surface area contributed by atoms with E-state index in [0.29, 0.717) is 28.5 Å². The van der Waals surface area contributed by atoms with Crippen molar-refractivity contribution in [3.63, 3.8) is 0 Å². The van der Waals surface area contributed by atoms with Crippen LogP contribution < -0.4 is 10.1 Å². The van der Waals surface area contributed by atoms with Gasteiger partial charge in [0.25, 0.3) is 5.91 Å². The van der Waals surface area contributed by atoms with Crippen LogP contribution >= 0.6 is 11.3 Å². The van der Waals surface area contributed by atoms with Gasteiger partial charge in [0.2, 0.25) is 0 Å². The molecule has 138 valence electrons. The minimum Gasteiger partial charge on any atom is -0.497 e. The van der Waals surface area contributed by atoms with Crippen LogP contribution in [-0.4, -0.2) is 44.1 Å². The van der Waals surface area contributed by atoms with E-state index in [0.717, 1.165) is 30.0 Å². The first-order valence-electron chi connectivity index (χ1n) is 8.49. The van der Waals surface area contributed by atoms with E-state index >= 15 is 0 Å². The number of anilines is 1. The zero-order chi connectivity index (χ0) is 18.7. The highest BCUT2D eigenvalue weighted by Crippen LogP contribution is 2.37. The Kier molecular flexibility index (Phi) is 5.58. The maximum atomic E-state index is 12.6. The second kappa shape index (κ2) is 7.88. The van der Waals surface area contributed by atoms with Crippen LogP contribution in [-0.2, 0) is 17.7 Å². The first-order valence-corrected chi connectivity index (χ1v) is 9.30. The molecule has 2 heterocycles. The van der Waals surface area contributed by atoms with Crippen molar-refractivity contribution in [2.75, 3.05) is 32.6 Å². The minimum atomic E-state index is -0.375. The van der Waals surface area contributed by atoms with Crippen LogP contribution in [0.25, 0.3) is 0 Å². The first kappa shape index (κ1) is 18.4. The van der Waals surface area contributed by atoms with E-state index < -0.39 is 0 Å². The van der Waals surface area contributed by atoms with Crippen molar-refractivity contribution < 1.29 is 19.1 Å². The van der Waals surface area contributed by atoms with Crippen molar-refractivity contribution in [2.45, 2.75) is 19.9 Å². The Morgan fingerprint density at radius 1 is 1.27 bits per heavy atom. The standard InChI is InChI=1S/C19H22N2O4S/c1-4-25-19(23)16-14-9-10-21(2)11-15(14)26-18(16)20-17(22)12-5-7-13(24-3)8-6-12/h5-8H,4,9-11H2,1-3H3,(H,20,22). The summed E-state index contributed by atoms with van der Waals surface area (Å²) >= 11 is 1.45. The van der Waals surface area contributed by atoms with Gasteiger partial charge < -0.3 is 19.7 Å². The van der Waals surface area contributed by atoms with Gasteiger partial charge in [-0.25, -0.2) is 4.79 Å². The fourth-order valence-electron chi connectivity index (χ4n) is 2.96. The number of fused-ring (bicyclic) bond motifs is 1. The molecule has 0 fully saturated rings. The van der Waals surface area contributed by atoms with Gasteiger partial charge in [0.1, 0.15) is 10.8 Å². The Morgan fingerprint density at radius 3 is 2.65 bits per heavy atom. The van der Waals surface area contributed by atoms with Crippen molar-refractivity contribution >= 4 is 28.2 Å². The number of nitrogens with zero attached hydrogens (tertiary/aromatic N) is 1. The summed E-state index contributed by atoms with van der Waals surface area (Å²) in [6.07, 6.45) is 0.773. The molecule has 0 atom stereocenters. The normalized spacial score (nSPS) is 13.8. The van der Waals surface area contributed by atoms with Crippen LogP contribution in [0.15, 0.2) is 24.3 Å². The summed E-state index contributed by atoms with van der Waals surface area (Å²) in [5.41, 5.74) is 2.00. The van der Waals surface area contributed by atoms with Crippen molar-refractivity contribution in [1.29, 1.82) is 0 Å². The van der Waals surface area contributed by atoms with E-state index in [1.165, 1.54) is 11.3 Å². The Balaban J connectivity index is 1.90. The summed E-state index contributed by atoms with van der Waals surface area (Å²) in [7, 11) is 3.62. The van der Waals surface area contributed by atoms with Gasteiger partial charge in [-0.15, -0.1) is 11.3 Å². The molecule has 7 heteroatoms. The van der Waals surface area contributed by atoms with E-state index in [-0.39, 0.29) is 11.9 Å². The Labute approximate surface area is 156 Å². The molecule has 6 nitrogen and oxygen atoms in total. The van der Waals surface area contributed by atoms with Crippen LogP contribution in [0.5, 0.6) is 5.75 Å². The molecule has 1 aromatic carbocycles. The third-order valence-electron chi connectivity index (χ3n) is 4.31. The molecule has 1 aliphatic heterocycles. The highest BCUT2D eigenvalue weighted by atomic mass is 32.1. The number of carbonyl (C=O) groups is 2. The summed E-state index contributed by atoms with van der Waals surface area (Å²) in [6, 6.07) is 6.85. The second-order valence-electron chi connectivity index (χ2n) is 6.10. The number of rotatable bonds is 5. The molecule has 26 heavy (non-hydrogen) atoms. The van der Waals surface area contributed by atoms with Gasteiger partial charge >= 0.3 is 5.97 Å². The summed E-state index contributed by atoms with van der Waals surface area (Å²) in [4.78, 5) is 28.4. The third-order valence-corrected chi connectivity index (χ3v) is 5.44. The van der Waals surface area contributed by atoms with Crippen molar-refractivity contribution in [3.05, 3.63) is 45.8 Å². The highest BCUT2D eigenvalue weighted by Gasteiger charge is 2.28. The average Bonchev–Trinajstić information content (AvgIpc) is 2.98. The van der Waals surface area contributed by atoms with Crippen molar-refractivity contribution in [3.8, 4) is 5.75 Å².